The zero-order chi connectivity index (χ0) is 12.0. The van der Waals surface area contributed by atoms with E-state index >= 15 is 0 Å². The molecule has 1 amide bonds. The Balaban J connectivity index is 2.65. The van der Waals surface area contributed by atoms with Crippen molar-refractivity contribution >= 4 is 23.2 Å². The molecule has 1 heterocycles. The number of amides is 1. The Labute approximate surface area is 98.6 Å². The van der Waals surface area contributed by atoms with Crippen molar-refractivity contribution in [1.29, 1.82) is 0 Å². The highest BCUT2D eigenvalue weighted by atomic mass is 32.1. The maximum absolute atomic E-state index is 11.4. The Morgan fingerprint density at radius 3 is 2.81 bits per heavy atom. The van der Waals surface area contributed by atoms with Crippen molar-refractivity contribution in [1.82, 2.24) is 5.32 Å². The molecule has 1 atom stereocenters. The maximum Gasteiger partial charge on any atom is 0.308 e. The van der Waals surface area contributed by atoms with Crippen LogP contribution in [-0.2, 0) is 14.3 Å². The lowest BCUT2D eigenvalue weighted by Crippen LogP contribution is -2.28. The van der Waals surface area contributed by atoms with E-state index in [2.05, 4.69) is 5.32 Å². The average molecular weight is 241 g/mol. The zero-order valence-corrected chi connectivity index (χ0v) is 10.2. The van der Waals surface area contributed by atoms with Crippen molar-refractivity contribution in [2.45, 2.75) is 26.3 Å². The lowest BCUT2D eigenvalue weighted by Gasteiger charge is -2.15. The summed E-state index contributed by atoms with van der Waals surface area (Å²) >= 11 is 1.51. The predicted octanol–water partition coefficient (Wildman–Crippen LogP) is 1.88. The van der Waals surface area contributed by atoms with Gasteiger partial charge in [-0.05, 0) is 18.4 Å². The maximum atomic E-state index is 11.4. The summed E-state index contributed by atoms with van der Waals surface area (Å²) in [6.45, 7) is 3.55. The van der Waals surface area contributed by atoms with Gasteiger partial charge in [-0.1, -0.05) is 6.07 Å². The van der Waals surface area contributed by atoms with Crippen LogP contribution in [0.3, 0.4) is 0 Å². The minimum atomic E-state index is -0.297. The fraction of sp³-hybridized carbons (Fsp3) is 0.455. The first-order valence-electron chi connectivity index (χ1n) is 5.09. The zero-order valence-electron chi connectivity index (χ0n) is 9.36. The third-order valence-electron chi connectivity index (χ3n) is 1.94. The summed E-state index contributed by atoms with van der Waals surface area (Å²) in [6, 6.07) is 3.50. The number of hydrogen-bond acceptors (Lipinski definition) is 4. The van der Waals surface area contributed by atoms with Crippen LogP contribution in [0.4, 0.5) is 0 Å². The van der Waals surface area contributed by atoms with Crippen LogP contribution in [0, 0.1) is 0 Å². The first kappa shape index (κ1) is 12.7. The molecule has 0 fully saturated rings. The van der Waals surface area contributed by atoms with Crippen LogP contribution >= 0.6 is 11.3 Å². The normalized spacial score (nSPS) is 11.9. The van der Waals surface area contributed by atoms with Crippen molar-refractivity contribution in [3.05, 3.63) is 22.4 Å². The van der Waals surface area contributed by atoms with Gasteiger partial charge in [0, 0.05) is 11.8 Å². The number of thiophene rings is 1. The molecule has 1 aromatic heterocycles. The van der Waals surface area contributed by atoms with E-state index in [9.17, 15) is 9.59 Å². The Bertz CT molecular complexity index is 348. The molecule has 0 saturated heterocycles. The molecular formula is C11H15NO3S. The van der Waals surface area contributed by atoms with Crippen molar-refractivity contribution in [3.63, 3.8) is 0 Å². The topological polar surface area (TPSA) is 55.4 Å². The highest BCUT2D eigenvalue weighted by Gasteiger charge is 2.18. The van der Waals surface area contributed by atoms with Gasteiger partial charge in [-0.3, -0.25) is 9.59 Å². The smallest absolute Gasteiger partial charge is 0.308 e. The first-order valence-corrected chi connectivity index (χ1v) is 5.97. The summed E-state index contributed by atoms with van der Waals surface area (Å²) in [6.07, 6.45) is 0.175. The molecule has 0 aromatic carbocycles. The fourth-order valence-electron chi connectivity index (χ4n) is 1.34. The fourth-order valence-corrected chi connectivity index (χ4v) is 2.12. The van der Waals surface area contributed by atoms with Crippen LogP contribution < -0.4 is 5.32 Å². The van der Waals surface area contributed by atoms with Gasteiger partial charge in [0.2, 0.25) is 5.91 Å². The third-order valence-corrected chi connectivity index (χ3v) is 2.93. The minimum Gasteiger partial charge on any atom is -0.466 e. The van der Waals surface area contributed by atoms with Crippen LogP contribution in [-0.4, -0.2) is 18.5 Å². The molecule has 1 aromatic rings. The Morgan fingerprint density at radius 2 is 2.31 bits per heavy atom. The van der Waals surface area contributed by atoms with Crippen LogP contribution in [0.1, 0.15) is 31.2 Å². The van der Waals surface area contributed by atoms with Crippen molar-refractivity contribution in [2.24, 2.45) is 0 Å². The lowest BCUT2D eigenvalue weighted by atomic mass is 10.1. The molecule has 1 rings (SSSR count). The number of ether oxygens (including phenoxy) is 1. The molecule has 0 radical (unpaired) electrons. The van der Waals surface area contributed by atoms with E-state index in [0.717, 1.165) is 4.88 Å². The van der Waals surface area contributed by atoms with E-state index in [4.69, 9.17) is 4.74 Å². The van der Waals surface area contributed by atoms with Crippen molar-refractivity contribution in [2.75, 3.05) is 6.61 Å². The van der Waals surface area contributed by atoms with E-state index in [1.165, 1.54) is 18.3 Å². The SMILES string of the molecule is CCOC(=O)CC(NC(C)=O)c1cccs1. The Kier molecular flexibility index (Phi) is 4.98. The van der Waals surface area contributed by atoms with Crippen molar-refractivity contribution in [3.8, 4) is 0 Å². The van der Waals surface area contributed by atoms with Crippen LogP contribution in [0.5, 0.6) is 0 Å². The second kappa shape index (κ2) is 6.27. The summed E-state index contributed by atoms with van der Waals surface area (Å²) in [7, 11) is 0. The average Bonchev–Trinajstić information content (AvgIpc) is 2.68. The summed E-state index contributed by atoms with van der Waals surface area (Å²) in [5.74, 6) is -0.447. The summed E-state index contributed by atoms with van der Waals surface area (Å²) in [5.41, 5.74) is 0. The first-order chi connectivity index (χ1) is 7.63. The molecule has 0 aliphatic heterocycles. The van der Waals surface area contributed by atoms with E-state index in [1.54, 1.807) is 6.92 Å². The molecule has 1 unspecified atom stereocenters. The molecule has 5 heteroatoms. The second-order valence-electron chi connectivity index (χ2n) is 3.28. The minimum absolute atomic E-state index is 0.150. The lowest BCUT2D eigenvalue weighted by molar-refractivity contribution is -0.143. The van der Waals surface area contributed by atoms with E-state index < -0.39 is 0 Å². The molecule has 0 saturated carbocycles. The van der Waals surface area contributed by atoms with Crippen LogP contribution in [0.2, 0.25) is 0 Å². The van der Waals surface area contributed by atoms with Crippen LogP contribution in [0.15, 0.2) is 17.5 Å². The summed E-state index contributed by atoms with van der Waals surface area (Å²) in [4.78, 5) is 23.4. The van der Waals surface area contributed by atoms with Gasteiger partial charge < -0.3 is 10.1 Å². The van der Waals surface area contributed by atoms with Crippen LogP contribution in [0.25, 0.3) is 0 Å². The predicted molar refractivity (Wildman–Crippen MR) is 62.1 cm³/mol. The van der Waals surface area contributed by atoms with Gasteiger partial charge in [0.1, 0.15) is 0 Å². The third kappa shape index (κ3) is 4.02. The largest absolute Gasteiger partial charge is 0.466 e. The Morgan fingerprint density at radius 1 is 1.56 bits per heavy atom. The highest BCUT2D eigenvalue weighted by Crippen LogP contribution is 2.22. The Hall–Kier alpha value is -1.36. The van der Waals surface area contributed by atoms with Gasteiger partial charge in [-0.25, -0.2) is 0 Å². The second-order valence-corrected chi connectivity index (χ2v) is 4.26. The number of esters is 1. The molecule has 0 aliphatic carbocycles. The number of carbonyl (C=O) groups excluding carboxylic acids is 2. The van der Waals surface area contributed by atoms with Gasteiger partial charge in [-0.2, -0.15) is 0 Å². The molecule has 0 aliphatic rings. The molecular weight excluding hydrogens is 226 g/mol. The van der Waals surface area contributed by atoms with E-state index in [1.807, 2.05) is 17.5 Å². The number of nitrogens with one attached hydrogen (secondary N) is 1. The molecule has 0 bridgehead atoms. The monoisotopic (exact) mass is 241 g/mol. The van der Waals surface area contributed by atoms with Gasteiger partial charge in [0.25, 0.3) is 0 Å². The number of carbonyl (C=O) groups is 2. The van der Waals surface area contributed by atoms with E-state index in [-0.39, 0.29) is 24.3 Å². The quantitative estimate of drug-likeness (QED) is 0.801. The molecule has 1 N–H and O–H groups in total. The van der Waals surface area contributed by atoms with Gasteiger partial charge in [-0.15, -0.1) is 11.3 Å². The van der Waals surface area contributed by atoms with Gasteiger partial charge >= 0.3 is 5.97 Å². The summed E-state index contributed by atoms with van der Waals surface area (Å²) in [5, 5.41) is 4.65. The number of hydrogen-bond donors (Lipinski definition) is 1. The molecule has 88 valence electrons. The van der Waals surface area contributed by atoms with Gasteiger partial charge in [0.05, 0.1) is 19.1 Å². The van der Waals surface area contributed by atoms with Crippen molar-refractivity contribution < 1.29 is 14.3 Å². The van der Waals surface area contributed by atoms with Gasteiger partial charge in [0.15, 0.2) is 0 Å². The number of rotatable bonds is 5. The highest BCUT2D eigenvalue weighted by molar-refractivity contribution is 7.10. The molecule has 0 spiro atoms. The molecule has 4 nitrogen and oxygen atoms in total. The summed E-state index contributed by atoms with van der Waals surface area (Å²) < 4.78 is 4.87. The molecule has 16 heavy (non-hydrogen) atoms. The standard InChI is InChI=1S/C11H15NO3S/c1-3-15-11(14)7-9(12-8(2)13)10-5-4-6-16-10/h4-6,9H,3,7H2,1-2H3,(H,12,13). The van der Waals surface area contributed by atoms with E-state index in [0.29, 0.717) is 6.61 Å².